The Balaban J connectivity index is 2.02. The van der Waals surface area contributed by atoms with Gasteiger partial charge < -0.3 is 15.0 Å². The summed E-state index contributed by atoms with van der Waals surface area (Å²) in [5, 5.41) is 12.1. The van der Waals surface area contributed by atoms with Crippen molar-refractivity contribution in [3.63, 3.8) is 0 Å². The van der Waals surface area contributed by atoms with Crippen LogP contribution in [-0.2, 0) is 0 Å². The molecule has 1 aliphatic carbocycles. The summed E-state index contributed by atoms with van der Waals surface area (Å²) < 4.78 is 1.91. The van der Waals surface area contributed by atoms with Crippen LogP contribution in [-0.4, -0.2) is 22.3 Å². The monoisotopic (exact) mass is 292 g/mol. The van der Waals surface area contributed by atoms with Crippen molar-refractivity contribution in [2.75, 3.05) is 11.9 Å². The molecule has 0 aliphatic heterocycles. The number of pyridine rings is 1. The molecule has 2 rings (SSSR count). The Bertz CT molecular complexity index is 488. The van der Waals surface area contributed by atoms with Gasteiger partial charge in [0.1, 0.15) is 5.69 Å². The molecule has 118 valence electrons. The lowest BCUT2D eigenvalue weighted by Crippen LogP contribution is -2.30. The van der Waals surface area contributed by atoms with Crippen LogP contribution in [0.3, 0.4) is 0 Å². The molecule has 0 radical (unpaired) electrons. The van der Waals surface area contributed by atoms with E-state index in [1.807, 2.05) is 36.7 Å². The fourth-order valence-electron chi connectivity index (χ4n) is 3.31. The number of anilines is 1. The van der Waals surface area contributed by atoms with Crippen LogP contribution in [0.5, 0.6) is 0 Å². The summed E-state index contributed by atoms with van der Waals surface area (Å²) in [6.45, 7) is 4.38. The number of rotatable bonds is 6. The van der Waals surface area contributed by atoms with E-state index in [1.54, 1.807) is 0 Å². The maximum absolute atomic E-state index is 12.5. The van der Waals surface area contributed by atoms with Crippen LogP contribution < -0.4 is 10.9 Å². The van der Waals surface area contributed by atoms with Crippen LogP contribution in [0.4, 0.5) is 5.69 Å². The van der Waals surface area contributed by atoms with Gasteiger partial charge >= 0.3 is 0 Å². The van der Waals surface area contributed by atoms with Gasteiger partial charge in [0.2, 0.25) is 0 Å². The Morgan fingerprint density at radius 1 is 1.33 bits per heavy atom. The molecular weight excluding hydrogens is 264 g/mol. The summed E-state index contributed by atoms with van der Waals surface area (Å²) in [7, 11) is 0. The second kappa shape index (κ2) is 7.64. The van der Waals surface area contributed by atoms with Gasteiger partial charge in [0, 0.05) is 24.9 Å². The van der Waals surface area contributed by atoms with Crippen molar-refractivity contribution in [1.29, 1.82) is 0 Å². The Morgan fingerprint density at radius 2 is 2.05 bits per heavy atom. The molecule has 4 heteroatoms. The minimum Gasteiger partial charge on any atom is -0.396 e. The normalized spacial score (nSPS) is 22.5. The van der Waals surface area contributed by atoms with Gasteiger partial charge in [-0.15, -0.1) is 0 Å². The number of hydrogen-bond acceptors (Lipinski definition) is 3. The minimum atomic E-state index is 0.102. The molecule has 0 amide bonds. The molecule has 0 aromatic carbocycles. The zero-order chi connectivity index (χ0) is 15.2. The molecule has 0 atom stereocenters. The maximum Gasteiger partial charge on any atom is 0.274 e. The molecule has 1 aliphatic rings. The van der Waals surface area contributed by atoms with E-state index in [9.17, 15) is 4.79 Å². The van der Waals surface area contributed by atoms with Crippen molar-refractivity contribution < 1.29 is 5.11 Å². The fourth-order valence-corrected chi connectivity index (χ4v) is 3.31. The smallest absolute Gasteiger partial charge is 0.274 e. The summed E-state index contributed by atoms with van der Waals surface area (Å²) in [6, 6.07) is 4.43. The van der Waals surface area contributed by atoms with Crippen LogP contribution >= 0.6 is 0 Å². The predicted molar refractivity (Wildman–Crippen MR) is 86.8 cm³/mol. The van der Waals surface area contributed by atoms with E-state index < -0.39 is 0 Å². The van der Waals surface area contributed by atoms with Gasteiger partial charge in [-0.3, -0.25) is 4.79 Å². The lowest BCUT2D eigenvalue weighted by molar-refractivity contribution is 0.228. The van der Waals surface area contributed by atoms with Crippen LogP contribution in [0.1, 0.15) is 58.4 Å². The van der Waals surface area contributed by atoms with Gasteiger partial charge in [-0.25, -0.2) is 0 Å². The fraction of sp³-hybridized carbons (Fsp3) is 0.706. The summed E-state index contributed by atoms with van der Waals surface area (Å²) in [5.74, 6) is 0.723. The zero-order valence-corrected chi connectivity index (χ0v) is 13.2. The van der Waals surface area contributed by atoms with Crippen molar-refractivity contribution in [3.8, 4) is 0 Å². The summed E-state index contributed by atoms with van der Waals surface area (Å²) >= 11 is 0. The second-order valence-electron chi connectivity index (χ2n) is 6.47. The number of aliphatic hydroxyl groups is 1. The Morgan fingerprint density at radius 3 is 2.67 bits per heavy atom. The van der Waals surface area contributed by atoms with Gasteiger partial charge in [0.15, 0.2) is 0 Å². The summed E-state index contributed by atoms with van der Waals surface area (Å²) in [5.41, 5.74) is 0.805. The van der Waals surface area contributed by atoms with E-state index in [-0.39, 0.29) is 11.6 Å². The van der Waals surface area contributed by atoms with Crippen molar-refractivity contribution in [1.82, 2.24) is 4.57 Å². The Labute approximate surface area is 127 Å². The highest BCUT2D eigenvalue weighted by Gasteiger charge is 2.23. The van der Waals surface area contributed by atoms with Gasteiger partial charge in [-0.05, 0) is 70.4 Å². The first-order valence-electron chi connectivity index (χ1n) is 8.20. The standard InChI is InChI=1S/C17H28N2O2/c1-13(2)18-16-6-3-11-19(17(16)21)15-9-7-14(8-10-15)5-4-12-20/h3,6,11,13-15,18,20H,4-5,7-10,12H2,1-2H3. The average molecular weight is 292 g/mol. The third-order valence-corrected chi connectivity index (χ3v) is 4.40. The van der Waals surface area contributed by atoms with E-state index in [0.29, 0.717) is 18.3 Å². The molecule has 1 aromatic rings. The van der Waals surface area contributed by atoms with Crippen LogP contribution in [0.25, 0.3) is 0 Å². The van der Waals surface area contributed by atoms with Crippen molar-refractivity contribution >= 4 is 5.69 Å². The molecular formula is C17H28N2O2. The first-order chi connectivity index (χ1) is 10.1. The highest BCUT2D eigenvalue weighted by molar-refractivity contribution is 5.41. The molecule has 1 aromatic heterocycles. The molecule has 0 bridgehead atoms. The Hall–Kier alpha value is -1.29. The molecule has 1 saturated carbocycles. The van der Waals surface area contributed by atoms with E-state index in [4.69, 9.17) is 5.11 Å². The second-order valence-corrected chi connectivity index (χ2v) is 6.47. The molecule has 2 N–H and O–H groups in total. The number of aliphatic hydroxyl groups excluding tert-OH is 1. The third-order valence-electron chi connectivity index (χ3n) is 4.40. The number of nitrogens with one attached hydrogen (secondary N) is 1. The van der Waals surface area contributed by atoms with Gasteiger partial charge in [-0.1, -0.05) is 0 Å². The summed E-state index contributed by atoms with van der Waals surface area (Å²) in [6.07, 6.45) is 8.42. The number of nitrogens with zero attached hydrogens (tertiary/aromatic N) is 1. The van der Waals surface area contributed by atoms with Crippen LogP contribution in [0.15, 0.2) is 23.1 Å². The molecule has 1 fully saturated rings. The van der Waals surface area contributed by atoms with Gasteiger partial charge in [0.25, 0.3) is 5.56 Å². The third kappa shape index (κ3) is 4.34. The highest BCUT2D eigenvalue weighted by Crippen LogP contribution is 2.33. The highest BCUT2D eigenvalue weighted by atomic mass is 16.2. The van der Waals surface area contributed by atoms with Gasteiger partial charge in [0.05, 0.1) is 0 Å². The lowest BCUT2D eigenvalue weighted by atomic mass is 9.83. The topological polar surface area (TPSA) is 54.3 Å². The minimum absolute atomic E-state index is 0.102. The Kier molecular flexibility index (Phi) is 5.85. The van der Waals surface area contributed by atoms with E-state index in [0.717, 1.165) is 31.6 Å². The van der Waals surface area contributed by atoms with Crippen molar-refractivity contribution in [2.24, 2.45) is 5.92 Å². The average Bonchev–Trinajstić information content (AvgIpc) is 2.47. The van der Waals surface area contributed by atoms with Crippen LogP contribution in [0.2, 0.25) is 0 Å². The molecule has 21 heavy (non-hydrogen) atoms. The largest absolute Gasteiger partial charge is 0.396 e. The van der Waals surface area contributed by atoms with E-state index in [1.165, 1.54) is 12.8 Å². The zero-order valence-electron chi connectivity index (χ0n) is 13.2. The molecule has 0 saturated heterocycles. The molecule has 0 unspecified atom stereocenters. The lowest BCUT2D eigenvalue weighted by Gasteiger charge is -2.30. The maximum atomic E-state index is 12.5. The molecule has 4 nitrogen and oxygen atoms in total. The van der Waals surface area contributed by atoms with Crippen molar-refractivity contribution in [3.05, 3.63) is 28.7 Å². The first kappa shape index (κ1) is 16.1. The van der Waals surface area contributed by atoms with Gasteiger partial charge in [-0.2, -0.15) is 0 Å². The van der Waals surface area contributed by atoms with E-state index in [2.05, 4.69) is 5.32 Å². The summed E-state index contributed by atoms with van der Waals surface area (Å²) in [4.78, 5) is 12.5. The molecule has 0 spiro atoms. The predicted octanol–water partition coefficient (Wildman–Crippen LogP) is 3.17. The van der Waals surface area contributed by atoms with Crippen LogP contribution in [0, 0.1) is 5.92 Å². The SMILES string of the molecule is CC(C)Nc1cccn(C2CCC(CCCO)CC2)c1=O. The number of hydrogen-bond donors (Lipinski definition) is 2. The van der Waals surface area contributed by atoms with E-state index >= 15 is 0 Å². The number of aromatic nitrogens is 1. The molecule has 1 heterocycles. The first-order valence-corrected chi connectivity index (χ1v) is 8.20. The van der Waals surface area contributed by atoms with Crippen molar-refractivity contribution in [2.45, 2.75) is 64.5 Å². The quantitative estimate of drug-likeness (QED) is 0.846.